The summed E-state index contributed by atoms with van der Waals surface area (Å²) in [7, 11) is 0. The predicted octanol–water partition coefficient (Wildman–Crippen LogP) is -1.85. The third-order valence-electron chi connectivity index (χ3n) is 2.61. The van der Waals surface area contributed by atoms with Gasteiger partial charge in [-0.25, -0.2) is 0 Å². The van der Waals surface area contributed by atoms with Gasteiger partial charge in [0.1, 0.15) is 0 Å². The quantitative estimate of drug-likeness (QED) is 0.457. The van der Waals surface area contributed by atoms with Gasteiger partial charge >= 0.3 is 29.6 Å². The van der Waals surface area contributed by atoms with Crippen molar-refractivity contribution in [1.29, 1.82) is 0 Å². The molecule has 4 nitrogen and oxygen atoms in total. The van der Waals surface area contributed by atoms with Crippen LogP contribution >= 0.6 is 0 Å². The largest absolute Gasteiger partial charge is 1.00 e. The summed E-state index contributed by atoms with van der Waals surface area (Å²) in [5.74, 6) is 0.709. The van der Waals surface area contributed by atoms with Gasteiger partial charge in [0.05, 0.1) is 16.3 Å². The standard InChI is InChI=1S/C9H14N2O2S.Na/c1-6-9(14(12)13)7(2)11(10-6)5-8-3-4-8;/h8H,3-5H2,1-2H3,(H,12,13);/q;+1/p-1. The maximum atomic E-state index is 10.9. The topological polar surface area (TPSA) is 58.0 Å². The van der Waals surface area contributed by atoms with Gasteiger partial charge in [-0.2, -0.15) is 5.10 Å². The van der Waals surface area contributed by atoms with Crippen molar-refractivity contribution in [1.82, 2.24) is 9.78 Å². The SMILES string of the molecule is Cc1nn(CC2CC2)c(C)c1S(=O)[O-].[Na+]. The first-order valence-corrected chi connectivity index (χ1v) is 5.80. The summed E-state index contributed by atoms with van der Waals surface area (Å²) in [6.45, 7) is 4.42. The van der Waals surface area contributed by atoms with E-state index in [0.29, 0.717) is 16.5 Å². The second-order valence-electron chi connectivity index (χ2n) is 3.86. The molecule has 1 fully saturated rings. The maximum absolute atomic E-state index is 10.9. The van der Waals surface area contributed by atoms with Crippen LogP contribution in [-0.4, -0.2) is 18.5 Å². The number of hydrogen-bond donors (Lipinski definition) is 0. The zero-order valence-corrected chi connectivity index (χ0v) is 12.1. The van der Waals surface area contributed by atoms with Gasteiger partial charge in [0.15, 0.2) is 0 Å². The minimum Gasteiger partial charge on any atom is -0.768 e. The molecule has 0 amide bonds. The van der Waals surface area contributed by atoms with E-state index in [1.807, 2.05) is 11.6 Å². The first kappa shape index (κ1) is 13.4. The number of aromatic nitrogens is 2. The first-order valence-electron chi connectivity index (χ1n) is 4.73. The van der Waals surface area contributed by atoms with Gasteiger partial charge in [0, 0.05) is 6.54 Å². The fraction of sp³-hybridized carbons (Fsp3) is 0.667. The van der Waals surface area contributed by atoms with Gasteiger partial charge in [0.25, 0.3) is 0 Å². The second kappa shape index (κ2) is 5.10. The molecule has 0 saturated heterocycles. The Bertz CT molecular complexity index is 388. The fourth-order valence-electron chi connectivity index (χ4n) is 1.64. The molecular formula is C9H13N2NaO2S. The van der Waals surface area contributed by atoms with Gasteiger partial charge in [0.2, 0.25) is 0 Å². The van der Waals surface area contributed by atoms with E-state index in [1.54, 1.807) is 6.92 Å². The molecule has 1 aromatic heterocycles. The minimum absolute atomic E-state index is 0. The van der Waals surface area contributed by atoms with Crippen molar-refractivity contribution >= 4 is 11.1 Å². The molecular weight excluding hydrogens is 223 g/mol. The van der Waals surface area contributed by atoms with Gasteiger partial charge in [-0.05, 0) is 43.7 Å². The summed E-state index contributed by atoms with van der Waals surface area (Å²) in [5, 5.41) is 4.24. The van der Waals surface area contributed by atoms with Crippen molar-refractivity contribution in [2.45, 2.75) is 38.1 Å². The first-order chi connectivity index (χ1) is 6.59. The second-order valence-corrected chi connectivity index (χ2v) is 4.74. The molecule has 1 saturated carbocycles. The van der Waals surface area contributed by atoms with Crippen LogP contribution in [0.15, 0.2) is 4.90 Å². The summed E-state index contributed by atoms with van der Waals surface area (Å²) in [6, 6.07) is 0. The van der Waals surface area contributed by atoms with E-state index < -0.39 is 11.1 Å². The summed E-state index contributed by atoms with van der Waals surface area (Å²) >= 11 is -2.16. The molecule has 1 heterocycles. The normalized spacial score (nSPS) is 17.3. The molecule has 6 heteroatoms. The molecule has 1 atom stereocenters. The zero-order chi connectivity index (χ0) is 10.3. The molecule has 0 aliphatic heterocycles. The minimum atomic E-state index is -2.16. The van der Waals surface area contributed by atoms with Crippen LogP contribution in [0.4, 0.5) is 0 Å². The monoisotopic (exact) mass is 236 g/mol. The molecule has 0 spiro atoms. The Morgan fingerprint density at radius 1 is 1.53 bits per heavy atom. The summed E-state index contributed by atoms with van der Waals surface area (Å²) in [6.07, 6.45) is 2.49. The zero-order valence-electron chi connectivity index (χ0n) is 9.32. The van der Waals surface area contributed by atoms with Crippen molar-refractivity contribution in [3.05, 3.63) is 11.4 Å². The predicted molar refractivity (Wildman–Crippen MR) is 51.6 cm³/mol. The molecule has 1 aliphatic carbocycles. The Kier molecular flexibility index (Phi) is 4.55. The molecule has 2 rings (SSSR count). The van der Waals surface area contributed by atoms with Crippen LogP contribution in [-0.2, 0) is 17.6 Å². The van der Waals surface area contributed by atoms with Gasteiger partial charge in [-0.15, -0.1) is 0 Å². The van der Waals surface area contributed by atoms with E-state index in [-0.39, 0.29) is 29.6 Å². The van der Waals surface area contributed by atoms with Crippen LogP contribution in [0.5, 0.6) is 0 Å². The van der Waals surface area contributed by atoms with Crippen molar-refractivity contribution < 1.29 is 38.3 Å². The van der Waals surface area contributed by atoms with Crippen LogP contribution in [0.25, 0.3) is 0 Å². The fourth-order valence-corrected chi connectivity index (χ4v) is 2.27. The van der Waals surface area contributed by atoms with E-state index in [9.17, 15) is 8.76 Å². The molecule has 15 heavy (non-hydrogen) atoms. The Hall–Kier alpha value is 0.320. The molecule has 0 radical (unpaired) electrons. The number of nitrogens with zero attached hydrogens (tertiary/aromatic N) is 2. The molecule has 0 N–H and O–H groups in total. The van der Waals surface area contributed by atoms with E-state index in [4.69, 9.17) is 0 Å². The molecule has 0 bridgehead atoms. The molecule has 0 aromatic carbocycles. The van der Waals surface area contributed by atoms with E-state index in [2.05, 4.69) is 5.10 Å². The van der Waals surface area contributed by atoms with Crippen LogP contribution < -0.4 is 29.6 Å². The maximum Gasteiger partial charge on any atom is 1.00 e. The molecule has 1 unspecified atom stereocenters. The number of hydrogen-bond acceptors (Lipinski definition) is 3. The summed E-state index contributed by atoms with van der Waals surface area (Å²) in [5.41, 5.74) is 1.37. The van der Waals surface area contributed by atoms with Crippen molar-refractivity contribution in [2.75, 3.05) is 0 Å². The van der Waals surface area contributed by atoms with E-state index >= 15 is 0 Å². The van der Waals surface area contributed by atoms with Gasteiger partial charge in [-0.3, -0.25) is 8.89 Å². The van der Waals surface area contributed by atoms with Crippen molar-refractivity contribution in [3.63, 3.8) is 0 Å². The van der Waals surface area contributed by atoms with E-state index in [1.165, 1.54) is 12.8 Å². The Labute approximate surface area is 114 Å². The Balaban J connectivity index is 0.00000112. The van der Waals surface area contributed by atoms with Crippen LogP contribution in [0.2, 0.25) is 0 Å². The Morgan fingerprint density at radius 2 is 2.13 bits per heavy atom. The third kappa shape index (κ3) is 2.91. The third-order valence-corrected chi connectivity index (χ3v) is 3.53. The smallest absolute Gasteiger partial charge is 0.768 e. The van der Waals surface area contributed by atoms with Crippen molar-refractivity contribution in [2.24, 2.45) is 5.92 Å². The van der Waals surface area contributed by atoms with Gasteiger partial charge < -0.3 is 4.55 Å². The van der Waals surface area contributed by atoms with Crippen LogP contribution in [0, 0.1) is 19.8 Å². The van der Waals surface area contributed by atoms with Crippen LogP contribution in [0.1, 0.15) is 24.2 Å². The molecule has 1 aliphatic rings. The summed E-state index contributed by atoms with van der Waals surface area (Å²) in [4.78, 5) is 0.366. The average Bonchev–Trinajstić information content (AvgIpc) is 2.81. The molecule has 78 valence electrons. The number of aryl methyl sites for hydroxylation is 1. The Morgan fingerprint density at radius 3 is 2.53 bits per heavy atom. The van der Waals surface area contributed by atoms with Crippen molar-refractivity contribution in [3.8, 4) is 0 Å². The summed E-state index contributed by atoms with van der Waals surface area (Å²) < 4.78 is 23.6. The van der Waals surface area contributed by atoms with Gasteiger partial charge in [-0.1, -0.05) is 0 Å². The average molecular weight is 236 g/mol. The van der Waals surface area contributed by atoms with Crippen LogP contribution in [0.3, 0.4) is 0 Å². The number of rotatable bonds is 3. The molecule has 1 aromatic rings. The van der Waals surface area contributed by atoms with E-state index in [0.717, 1.165) is 12.2 Å².